The Bertz CT molecular complexity index is 495. The minimum Gasteiger partial charge on any atom is -0.465 e. The van der Waals surface area contributed by atoms with Gasteiger partial charge in [-0.2, -0.15) is 0 Å². The number of furan rings is 1. The second-order valence-corrected chi connectivity index (χ2v) is 6.04. The summed E-state index contributed by atoms with van der Waals surface area (Å²) in [5.41, 5.74) is 5.04. The molecule has 1 heterocycles. The Kier molecular flexibility index (Phi) is 3.93. The van der Waals surface area contributed by atoms with Crippen molar-refractivity contribution in [3.05, 3.63) is 23.7 Å². The summed E-state index contributed by atoms with van der Waals surface area (Å²) in [6.45, 7) is 8.78. The third kappa shape index (κ3) is 2.36. The van der Waals surface area contributed by atoms with Gasteiger partial charge in [0, 0.05) is 18.4 Å². The molecule has 112 valence electrons. The van der Waals surface area contributed by atoms with E-state index in [9.17, 15) is 4.79 Å². The van der Waals surface area contributed by atoms with E-state index in [0.717, 1.165) is 11.5 Å². The molecule has 5 heteroatoms. The maximum absolute atomic E-state index is 12.4. The molecule has 0 bridgehead atoms. The van der Waals surface area contributed by atoms with Crippen LogP contribution < -0.4 is 11.1 Å². The van der Waals surface area contributed by atoms with Crippen molar-refractivity contribution in [2.45, 2.75) is 52.3 Å². The summed E-state index contributed by atoms with van der Waals surface area (Å²) in [6.07, 6.45) is 0.589. The van der Waals surface area contributed by atoms with Gasteiger partial charge >= 0.3 is 0 Å². The van der Waals surface area contributed by atoms with Gasteiger partial charge in [0.05, 0.1) is 12.6 Å². The lowest BCUT2D eigenvalue weighted by atomic mass is 9.54. The summed E-state index contributed by atoms with van der Waals surface area (Å²) < 4.78 is 11.1. The molecule has 0 aromatic carbocycles. The molecule has 1 aromatic rings. The summed E-state index contributed by atoms with van der Waals surface area (Å²) in [6, 6.07) is 3.73. The highest BCUT2D eigenvalue weighted by molar-refractivity contribution is 5.88. The lowest BCUT2D eigenvalue weighted by Crippen LogP contribution is -2.75. The molecule has 1 aliphatic rings. The zero-order valence-electron chi connectivity index (χ0n) is 12.7. The fourth-order valence-corrected chi connectivity index (χ4v) is 2.73. The van der Waals surface area contributed by atoms with Gasteiger partial charge in [-0.25, -0.2) is 0 Å². The van der Waals surface area contributed by atoms with E-state index in [1.807, 2.05) is 39.8 Å². The van der Waals surface area contributed by atoms with Crippen molar-refractivity contribution in [2.24, 2.45) is 11.1 Å². The van der Waals surface area contributed by atoms with E-state index in [4.69, 9.17) is 14.9 Å². The van der Waals surface area contributed by atoms with Crippen molar-refractivity contribution in [2.75, 3.05) is 6.61 Å². The van der Waals surface area contributed by atoms with Crippen molar-refractivity contribution in [1.82, 2.24) is 5.32 Å². The Hall–Kier alpha value is -1.33. The zero-order valence-corrected chi connectivity index (χ0v) is 12.7. The molecule has 3 N–H and O–H groups in total. The standard InChI is InChI=1S/C15H24N2O3/c1-5-19-12-8-15(16,14(12,3)4)13(18)17-9-11-7-6-10(2)20-11/h6-7,12H,5,8-9,16H2,1-4H3,(H,17,18). The predicted molar refractivity (Wildman–Crippen MR) is 76.0 cm³/mol. The first-order valence-corrected chi connectivity index (χ1v) is 7.05. The molecule has 0 aliphatic heterocycles. The zero-order chi connectivity index (χ0) is 15.0. The molecule has 0 radical (unpaired) electrons. The van der Waals surface area contributed by atoms with Crippen LogP contribution in [0.25, 0.3) is 0 Å². The molecule has 0 spiro atoms. The van der Waals surface area contributed by atoms with E-state index < -0.39 is 5.54 Å². The molecule has 1 amide bonds. The summed E-state index contributed by atoms with van der Waals surface area (Å²) >= 11 is 0. The van der Waals surface area contributed by atoms with E-state index in [1.54, 1.807) is 0 Å². The van der Waals surface area contributed by atoms with Gasteiger partial charge in [-0.05, 0) is 26.0 Å². The molecular formula is C15H24N2O3. The Balaban J connectivity index is 1.95. The Morgan fingerprint density at radius 3 is 2.75 bits per heavy atom. The lowest BCUT2D eigenvalue weighted by Gasteiger charge is -2.57. The minimum atomic E-state index is -0.880. The van der Waals surface area contributed by atoms with Crippen molar-refractivity contribution in [3.8, 4) is 0 Å². The first-order chi connectivity index (χ1) is 9.31. The maximum atomic E-state index is 12.4. The molecule has 1 aliphatic carbocycles. The van der Waals surface area contributed by atoms with Gasteiger partial charge in [0.2, 0.25) is 5.91 Å². The number of nitrogens with two attached hydrogens (primary N) is 1. The molecule has 20 heavy (non-hydrogen) atoms. The van der Waals surface area contributed by atoms with Gasteiger partial charge in [-0.15, -0.1) is 0 Å². The van der Waals surface area contributed by atoms with E-state index in [-0.39, 0.29) is 17.4 Å². The quantitative estimate of drug-likeness (QED) is 0.861. The van der Waals surface area contributed by atoms with Crippen LogP contribution >= 0.6 is 0 Å². The third-order valence-corrected chi connectivity index (χ3v) is 4.45. The van der Waals surface area contributed by atoms with Crippen LogP contribution in [0.4, 0.5) is 0 Å². The monoisotopic (exact) mass is 280 g/mol. The number of amides is 1. The Labute approximate surface area is 119 Å². The van der Waals surface area contributed by atoms with E-state index in [2.05, 4.69) is 5.32 Å². The van der Waals surface area contributed by atoms with Gasteiger partial charge in [-0.1, -0.05) is 13.8 Å². The summed E-state index contributed by atoms with van der Waals surface area (Å²) in [5.74, 6) is 1.42. The molecule has 2 unspecified atom stereocenters. The molecule has 2 atom stereocenters. The third-order valence-electron chi connectivity index (χ3n) is 4.45. The van der Waals surface area contributed by atoms with Gasteiger partial charge < -0.3 is 20.2 Å². The van der Waals surface area contributed by atoms with E-state index in [0.29, 0.717) is 19.6 Å². The van der Waals surface area contributed by atoms with Crippen LogP contribution in [0.1, 0.15) is 38.7 Å². The van der Waals surface area contributed by atoms with Crippen molar-refractivity contribution in [3.63, 3.8) is 0 Å². The number of ether oxygens (including phenoxy) is 1. The smallest absolute Gasteiger partial charge is 0.241 e. The normalized spacial score (nSPS) is 27.9. The topological polar surface area (TPSA) is 77.5 Å². The number of nitrogens with one attached hydrogen (secondary N) is 1. The molecule has 1 fully saturated rings. The SMILES string of the molecule is CCOC1CC(N)(C(=O)NCc2ccc(C)o2)C1(C)C. The van der Waals surface area contributed by atoms with Gasteiger partial charge in [0.1, 0.15) is 17.1 Å². The summed E-state index contributed by atoms with van der Waals surface area (Å²) in [5, 5.41) is 2.86. The van der Waals surface area contributed by atoms with Gasteiger partial charge in [0.15, 0.2) is 0 Å². The molecule has 1 saturated carbocycles. The fraction of sp³-hybridized carbons (Fsp3) is 0.667. The molecule has 5 nitrogen and oxygen atoms in total. The van der Waals surface area contributed by atoms with Gasteiger partial charge in [-0.3, -0.25) is 4.79 Å². The Morgan fingerprint density at radius 1 is 1.55 bits per heavy atom. The molecule has 1 aromatic heterocycles. The lowest BCUT2D eigenvalue weighted by molar-refractivity contribution is -0.170. The number of hydrogen-bond donors (Lipinski definition) is 2. The first kappa shape index (κ1) is 15.1. The number of hydrogen-bond acceptors (Lipinski definition) is 4. The van der Waals surface area contributed by atoms with Crippen molar-refractivity contribution in [1.29, 1.82) is 0 Å². The van der Waals surface area contributed by atoms with Crippen LogP contribution in [0, 0.1) is 12.3 Å². The number of aryl methyl sites for hydroxylation is 1. The van der Waals surface area contributed by atoms with Crippen LogP contribution in [0.3, 0.4) is 0 Å². The second-order valence-electron chi connectivity index (χ2n) is 6.04. The van der Waals surface area contributed by atoms with Crippen LogP contribution in [0.2, 0.25) is 0 Å². The van der Waals surface area contributed by atoms with Crippen LogP contribution in [0.15, 0.2) is 16.5 Å². The highest BCUT2D eigenvalue weighted by atomic mass is 16.5. The van der Waals surface area contributed by atoms with Crippen molar-refractivity contribution >= 4 is 5.91 Å². The number of carbonyl (C=O) groups is 1. The fourth-order valence-electron chi connectivity index (χ4n) is 2.73. The highest BCUT2D eigenvalue weighted by Crippen LogP contribution is 2.49. The Morgan fingerprint density at radius 2 is 2.25 bits per heavy atom. The van der Waals surface area contributed by atoms with Crippen molar-refractivity contribution < 1.29 is 13.9 Å². The van der Waals surface area contributed by atoms with Crippen LogP contribution in [-0.2, 0) is 16.1 Å². The highest BCUT2D eigenvalue weighted by Gasteiger charge is 2.62. The average molecular weight is 280 g/mol. The summed E-state index contributed by atoms with van der Waals surface area (Å²) in [7, 11) is 0. The summed E-state index contributed by atoms with van der Waals surface area (Å²) in [4.78, 5) is 12.4. The largest absolute Gasteiger partial charge is 0.465 e. The first-order valence-electron chi connectivity index (χ1n) is 7.05. The van der Waals surface area contributed by atoms with Gasteiger partial charge in [0.25, 0.3) is 0 Å². The minimum absolute atomic E-state index is 0.0362. The van der Waals surface area contributed by atoms with E-state index in [1.165, 1.54) is 0 Å². The second kappa shape index (κ2) is 5.22. The predicted octanol–water partition coefficient (Wildman–Crippen LogP) is 1.74. The maximum Gasteiger partial charge on any atom is 0.241 e. The molecule has 2 rings (SSSR count). The molecule has 0 saturated heterocycles. The van der Waals surface area contributed by atoms with Crippen LogP contribution in [-0.4, -0.2) is 24.2 Å². The molecular weight excluding hydrogens is 256 g/mol. The van der Waals surface area contributed by atoms with E-state index >= 15 is 0 Å². The number of rotatable bonds is 5. The average Bonchev–Trinajstić information content (AvgIpc) is 2.81. The number of carbonyl (C=O) groups excluding carboxylic acids is 1. The van der Waals surface area contributed by atoms with Crippen LogP contribution in [0.5, 0.6) is 0 Å².